The summed E-state index contributed by atoms with van der Waals surface area (Å²) in [5.74, 6) is -2.39. The van der Waals surface area contributed by atoms with Gasteiger partial charge in [0.15, 0.2) is 0 Å². The van der Waals surface area contributed by atoms with Crippen LogP contribution in [0.5, 0.6) is 0 Å². The summed E-state index contributed by atoms with van der Waals surface area (Å²) in [6.07, 6.45) is 1.32. The van der Waals surface area contributed by atoms with Crippen molar-refractivity contribution in [3.63, 3.8) is 0 Å². The van der Waals surface area contributed by atoms with Crippen LogP contribution >= 0.6 is 0 Å². The van der Waals surface area contributed by atoms with Crippen molar-refractivity contribution in [1.29, 1.82) is 0 Å². The average molecular weight is 149 g/mol. The Morgan fingerprint density at radius 2 is 1.50 bits per heavy atom. The standard InChI is InChI=1S/C7H13F2N/c8-7(9)3-1-5-10-6-2-4-7/h10H,1-6H2. The van der Waals surface area contributed by atoms with Gasteiger partial charge in [-0.2, -0.15) is 0 Å². The lowest BCUT2D eigenvalue weighted by molar-refractivity contribution is -0.0223. The van der Waals surface area contributed by atoms with Crippen LogP contribution < -0.4 is 5.32 Å². The number of hydrogen-bond acceptors (Lipinski definition) is 1. The van der Waals surface area contributed by atoms with Gasteiger partial charge in [0.25, 0.3) is 0 Å². The number of hydrogen-bond donors (Lipinski definition) is 1. The summed E-state index contributed by atoms with van der Waals surface area (Å²) in [6.45, 7) is 1.49. The third kappa shape index (κ3) is 2.60. The van der Waals surface area contributed by atoms with Gasteiger partial charge in [-0.15, -0.1) is 0 Å². The molecule has 0 atom stereocenters. The lowest BCUT2D eigenvalue weighted by Gasteiger charge is -2.19. The number of rotatable bonds is 0. The van der Waals surface area contributed by atoms with E-state index in [1.807, 2.05) is 0 Å². The normalized spacial score (nSPS) is 27.0. The molecular formula is C7H13F2N. The van der Waals surface area contributed by atoms with Crippen molar-refractivity contribution in [2.45, 2.75) is 31.6 Å². The summed E-state index contributed by atoms with van der Waals surface area (Å²) in [7, 11) is 0. The maximum absolute atomic E-state index is 12.6. The smallest absolute Gasteiger partial charge is 0.248 e. The van der Waals surface area contributed by atoms with E-state index in [-0.39, 0.29) is 12.8 Å². The first-order valence-corrected chi connectivity index (χ1v) is 3.79. The molecule has 0 spiro atoms. The molecule has 0 aromatic heterocycles. The third-order valence-electron chi connectivity index (χ3n) is 1.79. The molecule has 60 valence electrons. The van der Waals surface area contributed by atoms with Crippen LogP contribution in [0.2, 0.25) is 0 Å². The van der Waals surface area contributed by atoms with Gasteiger partial charge in [-0.1, -0.05) is 0 Å². The molecule has 0 aromatic carbocycles. The van der Waals surface area contributed by atoms with Crippen LogP contribution in [-0.4, -0.2) is 19.0 Å². The molecule has 10 heavy (non-hydrogen) atoms. The quantitative estimate of drug-likeness (QED) is 0.553. The second-order valence-electron chi connectivity index (χ2n) is 2.81. The summed E-state index contributed by atoms with van der Waals surface area (Å²) in [5.41, 5.74) is 0. The highest BCUT2D eigenvalue weighted by atomic mass is 19.3. The van der Waals surface area contributed by atoms with Gasteiger partial charge in [0.2, 0.25) is 5.92 Å². The van der Waals surface area contributed by atoms with Gasteiger partial charge in [-0.05, 0) is 25.9 Å². The highest BCUT2D eigenvalue weighted by molar-refractivity contribution is 4.70. The van der Waals surface area contributed by atoms with Crippen molar-refractivity contribution in [2.24, 2.45) is 0 Å². The Kier molecular flexibility index (Phi) is 2.60. The molecule has 0 radical (unpaired) electrons. The van der Waals surface area contributed by atoms with E-state index in [0.717, 1.165) is 13.1 Å². The van der Waals surface area contributed by atoms with Crippen LogP contribution in [0.3, 0.4) is 0 Å². The van der Waals surface area contributed by atoms with Gasteiger partial charge in [0, 0.05) is 12.8 Å². The minimum atomic E-state index is -2.39. The number of halogens is 2. The van der Waals surface area contributed by atoms with Crippen LogP contribution in [0.1, 0.15) is 25.7 Å². The Hall–Kier alpha value is -0.180. The van der Waals surface area contributed by atoms with Gasteiger partial charge in [-0.25, -0.2) is 8.78 Å². The fourth-order valence-corrected chi connectivity index (χ4v) is 1.19. The maximum atomic E-state index is 12.6. The minimum Gasteiger partial charge on any atom is -0.317 e. The largest absolute Gasteiger partial charge is 0.317 e. The van der Waals surface area contributed by atoms with Gasteiger partial charge in [-0.3, -0.25) is 0 Å². The van der Waals surface area contributed by atoms with Gasteiger partial charge in [0.1, 0.15) is 0 Å². The van der Waals surface area contributed by atoms with E-state index in [0.29, 0.717) is 12.8 Å². The summed E-state index contributed by atoms with van der Waals surface area (Å²) < 4.78 is 25.2. The van der Waals surface area contributed by atoms with Crippen LogP contribution in [0.4, 0.5) is 8.78 Å². The molecule has 1 aliphatic heterocycles. The van der Waals surface area contributed by atoms with Gasteiger partial charge >= 0.3 is 0 Å². The fraction of sp³-hybridized carbons (Fsp3) is 1.00. The highest BCUT2D eigenvalue weighted by Crippen LogP contribution is 2.26. The monoisotopic (exact) mass is 149 g/mol. The highest BCUT2D eigenvalue weighted by Gasteiger charge is 2.27. The van der Waals surface area contributed by atoms with Crippen molar-refractivity contribution >= 4 is 0 Å². The Bertz CT molecular complexity index is 93.8. The van der Waals surface area contributed by atoms with Crippen molar-refractivity contribution in [1.82, 2.24) is 5.32 Å². The predicted octanol–water partition coefficient (Wildman–Crippen LogP) is 1.79. The fourth-order valence-electron chi connectivity index (χ4n) is 1.19. The molecule has 1 rings (SSSR count). The van der Waals surface area contributed by atoms with E-state index in [1.165, 1.54) is 0 Å². The van der Waals surface area contributed by atoms with Crippen LogP contribution in [0, 0.1) is 0 Å². The molecule has 1 heterocycles. The molecule has 0 bridgehead atoms. The summed E-state index contributed by atoms with van der Waals surface area (Å²) >= 11 is 0. The topological polar surface area (TPSA) is 12.0 Å². The second kappa shape index (κ2) is 3.28. The molecular weight excluding hydrogens is 136 g/mol. The lowest BCUT2D eigenvalue weighted by atomic mass is 10.1. The zero-order valence-electron chi connectivity index (χ0n) is 6.00. The molecule has 0 unspecified atom stereocenters. The SMILES string of the molecule is FC1(F)CCCNCCC1. The van der Waals surface area contributed by atoms with Crippen molar-refractivity contribution in [3.8, 4) is 0 Å². The number of nitrogens with one attached hydrogen (secondary N) is 1. The van der Waals surface area contributed by atoms with E-state index in [9.17, 15) is 8.78 Å². The molecule has 1 saturated heterocycles. The van der Waals surface area contributed by atoms with Crippen molar-refractivity contribution in [2.75, 3.05) is 13.1 Å². The first-order valence-electron chi connectivity index (χ1n) is 3.79. The summed E-state index contributed by atoms with van der Waals surface area (Å²) in [4.78, 5) is 0. The Labute approximate surface area is 59.8 Å². The Morgan fingerprint density at radius 1 is 1.00 bits per heavy atom. The first kappa shape index (κ1) is 7.92. The number of alkyl halides is 2. The van der Waals surface area contributed by atoms with E-state index in [1.54, 1.807) is 0 Å². The molecule has 3 heteroatoms. The molecule has 1 N–H and O–H groups in total. The van der Waals surface area contributed by atoms with Crippen LogP contribution in [0.25, 0.3) is 0 Å². The molecule has 0 aliphatic carbocycles. The lowest BCUT2D eigenvalue weighted by Crippen LogP contribution is -2.26. The van der Waals surface area contributed by atoms with E-state index in [2.05, 4.69) is 5.32 Å². The first-order chi connectivity index (χ1) is 4.71. The Morgan fingerprint density at radius 3 is 2.00 bits per heavy atom. The summed E-state index contributed by atoms with van der Waals surface area (Å²) in [6, 6.07) is 0. The summed E-state index contributed by atoms with van der Waals surface area (Å²) in [5, 5.41) is 3.09. The minimum absolute atomic E-state index is 0.0556. The molecule has 1 nitrogen and oxygen atoms in total. The van der Waals surface area contributed by atoms with Crippen LogP contribution in [-0.2, 0) is 0 Å². The zero-order valence-corrected chi connectivity index (χ0v) is 6.00. The molecule has 0 saturated carbocycles. The molecule has 1 fully saturated rings. The predicted molar refractivity (Wildman–Crippen MR) is 36.3 cm³/mol. The second-order valence-corrected chi connectivity index (χ2v) is 2.81. The van der Waals surface area contributed by atoms with E-state index < -0.39 is 5.92 Å². The van der Waals surface area contributed by atoms with Crippen LogP contribution in [0.15, 0.2) is 0 Å². The van der Waals surface area contributed by atoms with Gasteiger partial charge in [0.05, 0.1) is 0 Å². The maximum Gasteiger partial charge on any atom is 0.248 e. The van der Waals surface area contributed by atoms with Gasteiger partial charge < -0.3 is 5.32 Å². The molecule has 1 aliphatic rings. The van der Waals surface area contributed by atoms with E-state index >= 15 is 0 Å². The average Bonchev–Trinajstić information content (AvgIpc) is 1.81. The van der Waals surface area contributed by atoms with Crippen molar-refractivity contribution < 1.29 is 8.78 Å². The zero-order chi connectivity index (χ0) is 7.45. The van der Waals surface area contributed by atoms with Crippen molar-refractivity contribution in [3.05, 3.63) is 0 Å². The third-order valence-corrected chi connectivity index (χ3v) is 1.79. The molecule has 0 aromatic rings. The molecule has 0 amide bonds. The van der Waals surface area contributed by atoms with E-state index in [4.69, 9.17) is 0 Å². The Balaban J connectivity index is 2.30.